The van der Waals surface area contributed by atoms with Gasteiger partial charge < -0.3 is 9.80 Å². The molecule has 0 amide bonds. The molecule has 1 unspecified atom stereocenters. The number of unbranched alkanes of at least 4 members (excludes halogenated alkanes) is 3. The molecule has 0 radical (unpaired) electrons. The first-order chi connectivity index (χ1) is 8.79. The minimum absolute atomic E-state index is 0.886. The molecule has 1 rings (SSSR count). The Morgan fingerprint density at radius 1 is 0.944 bits per heavy atom. The summed E-state index contributed by atoms with van der Waals surface area (Å²) in [5, 5.41) is 3.64. The van der Waals surface area contributed by atoms with Crippen molar-refractivity contribution >= 4 is 0 Å². The molecule has 0 bridgehead atoms. The third-order valence-electron chi connectivity index (χ3n) is 4.69. The Balaban J connectivity index is 2.65. The van der Waals surface area contributed by atoms with E-state index >= 15 is 0 Å². The van der Waals surface area contributed by atoms with E-state index in [2.05, 4.69) is 26.1 Å². The number of nitrogens with one attached hydrogen (secondary N) is 1. The Morgan fingerprint density at radius 2 is 1.56 bits per heavy atom. The minimum Gasteiger partial charge on any atom is -0.319 e. The molecular weight excluding hydrogens is 220 g/mol. The molecule has 108 valence electrons. The number of rotatable bonds is 9. The fourth-order valence-electron chi connectivity index (χ4n) is 3.41. The highest BCUT2D eigenvalue weighted by Crippen LogP contribution is 2.23. The fraction of sp³-hybridized carbons (Fsp3) is 1.00. The summed E-state index contributed by atoms with van der Waals surface area (Å²) in [6.07, 6.45) is 9.69. The molecule has 1 aliphatic heterocycles. The van der Waals surface area contributed by atoms with Crippen LogP contribution in [0.2, 0.25) is 0 Å². The summed E-state index contributed by atoms with van der Waals surface area (Å²) in [4.78, 5) is 0. The molecule has 0 aliphatic carbocycles. The minimum atomic E-state index is 0.886. The first-order valence-corrected chi connectivity index (χ1v) is 8.35. The van der Waals surface area contributed by atoms with Crippen LogP contribution in [-0.4, -0.2) is 43.2 Å². The molecule has 1 aliphatic rings. The van der Waals surface area contributed by atoms with Gasteiger partial charge in [0, 0.05) is 19.5 Å². The second kappa shape index (κ2) is 8.92. The smallest absolute Gasteiger partial charge is 0.102 e. The van der Waals surface area contributed by atoms with Gasteiger partial charge in [-0.3, -0.25) is 0 Å². The van der Waals surface area contributed by atoms with Gasteiger partial charge in [0.2, 0.25) is 0 Å². The first kappa shape index (κ1) is 16.0. The van der Waals surface area contributed by atoms with Gasteiger partial charge in [0.25, 0.3) is 0 Å². The van der Waals surface area contributed by atoms with Crippen LogP contribution in [0.3, 0.4) is 0 Å². The topological polar surface area (TPSA) is 12.0 Å². The zero-order valence-corrected chi connectivity index (χ0v) is 13.0. The second-order valence-electron chi connectivity index (χ2n) is 6.10. The molecule has 0 aromatic carbocycles. The van der Waals surface area contributed by atoms with Crippen molar-refractivity contribution in [2.75, 3.05) is 32.7 Å². The monoisotopic (exact) mass is 255 g/mol. The van der Waals surface area contributed by atoms with Crippen molar-refractivity contribution in [1.82, 2.24) is 5.32 Å². The quantitative estimate of drug-likeness (QED) is 0.621. The van der Waals surface area contributed by atoms with Gasteiger partial charge in [0.15, 0.2) is 0 Å². The van der Waals surface area contributed by atoms with E-state index in [1.807, 2.05) is 0 Å². The summed E-state index contributed by atoms with van der Waals surface area (Å²) in [6.45, 7) is 13.7. The zero-order chi connectivity index (χ0) is 13.3. The van der Waals surface area contributed by atoms with E-state index in [-0.39, 0.29) is 0 Å². The van der Waals surface area contributed by atoms with Gasteiger partial charge in [-0.15, -0.1) is 0 Å². The van der Waals surface area contributed by atoms with Gasteiger partial charge in [0.1, 0.15) is 6.04 Å². The van der Waals surface area contributed by atoms with Gasteiger partial charge in [-0.1, -0.05) is 40.0 Å². The number of nitrogens with zero attached hydrogens (tertiary/aromatic N) is 1. The molecule has 18 heavy (non-hydrogen) atoms. The summed E-state index contributed by atoms with van der Waals surface area (Å²) in [5.74, 6) is 0. The normalized spacial score (nSPS) is 23.2. The summed E-state index contributed by atoms with van der Waals surface area (Å²) >= 11 is 0. The van der Waals surface area contributed by atoms with Crippen LogP contribution in [0.4, 0.5) is 0 Å². The molecule has 1 saturated heterocycles. The number of piperazine rings is 1. The summed E-state index contributed by atoms with van der Waals surface area (Å²) < 4.78 is 1.43. The summed E-state index contributed by atoms with van der Waals surface area (Å²) in [7, 11) is 0. The molecule has 2 nitrogen and oxygen atoms in total. The molecule has 0 aromatic rings. The highest BCUT2D eigenvalue weighted by Gasteiger charge is 2.37. The first-order valence-electron chi connectivity index (χ1n) is 8.35. The van der Waals surface area contributed by atoms with Crippen LogP contribution in [-0.2, 0) is 0 Å². The van der Waals surface area contributed by atoms with Crippen LogP contribution in [0.15, 0.2) is 0 Å². The Bertz CT molecular complexity index is 195. The number of quaternary nitrogens is 1. The molecule has 0 spiro atoms. The van der Waals surface area contributed by atoms with Crippen LogP contribution in [0, 0.1) is 0 Å². The average Bonchev–Trinajstić information content (AvgIpc) is 2.42. The SMILES string of the molecule is CCCCC1CNCC[N+]1(CCCC)CCCC. The average molecular weight is 255 g/mol. The van der Waals surface area contributed by atoms with Crippen molar-refractivity contribution in [3.63, 3.8) is 0 Å². The van der Waals surface area contributed by atoms with Gasteiger partial charge >= 0.3 is 0 Å². The van der Waals surface area contributed by atoms with Crippen LogP contribution in [0.5, 0.6) is 0 Å². The molecule has 0 saturated carbocycles. The van der Waals surface area contributed by atoms with Crippen molar-refractivity contribution < 1.29 is 4.48 Å². The second-order valence-corrected chi connectivity index (χ2v) is 6.10. The third-order valence-corrected chi connectivity index (χ3v) is 4.69. The molecule has 1 heterocycles. The van der Waals surface area contributed by atoms with E-state index in [0.717, 1.165) is 6.04 Å². The van der Waals surface area contributed by atoms with Gasteiger partial charge in [-0.05, 0) is 19.3 Å². The largest absolute Gasteiger partial charge is 0.319 e. The lowest BCUT2D eigenvalue weighted by Gasteiger charge is -2.48. The van der Waals surface area contributed by atoms with Crippen molar-refractivity contribution in [1.29, 1.82) is 0 Å². The lowest BCUT2D eigenvalue weighted by Crippen LogP contribution is -2.65. The standard InChI is InChI=1S/C16H35N2/c1-4-7-10-16-15-17-11-14-18(16,12-8-5-2)13-9-6-3/h16-17H,4-15H2,1-3H3/q+1. The Morgan fingerprint density at radius 3 is 2.11 bits per heavy atom. The van der Waals surface area contributed by atoms with Crippen molar-refractivity contribution in [3.05, 3.63) is 0 Å². The maximum atomic E-state index is 3.64. The highest BCUT2D eigenvalue weighted by molar-refractivity contribution is 4.71. The van der Waals surface area contributed by atoms with Crippen LogP contribution < -0.4 is 5.32 Å². The van der Waals surface area contributed by atoms with Gasteiger partial charge in [-0.25, -0.2) is 0 Å². The Labute approximate surface area is 115 Å². The maximum Gasteiger partial charge on any atom is 0.102 e. The third kappa shape index (κ3) is 4.55. The predicted octanol–water partition coefficient (Wildman–Crippen LogP) is 3.57. The number of hydrogen-bond donors (Lipinski definition) is 1. The Kier molecular flexibility index (Phi) is 7.92. The van der Waals surface area contributed by atoms with Crippen LogP contribution >= 0.6 is 0 Å². The molecular formula is C16H35N2+. The van der Waals surface area contributed by atoms with Crippen molar-refractivity contribution in [2.24, 2.45) is 0 Å². The molecule has 2 heteroatoms. The highest BCUT2D eigenvalue weighted by atomic mass is 15.4. The Hall–Kier alpha value is -0.0800. The predicted molar refractivity (Wildman–Crippen MR) is 80.9 cm³/mol. The van der Waals surface area contributed by atoms with E-state index in [4.69, 9.17) is 0 Å². The lowest BCUT2D eigenvalue weighted by atomic mass is 10.0. The molecule has 1 atom stereocenters. The molecule has 1 N–H and O–H groups in total. The number of hydrogen-bond acceptors (Lipinski definition) is 1. The van der Waals surface area contributed by atoms with Crippen LogP contribution in [0.25, 0.3) is 0 Å². The van der Waals surface area contributed by atoms with Gasteiger partial charge in [-0.2, -0.15) is 0 Å². The fourth-order valence-corrected chi connectivity index (χ4v) is 3.41. The van der Waals surface area contributed by atoms with E-state index < -0.39 is 0 Å². The van der Waals surface area contributed by atoms with E-state index in [1.165, 1.54) is 82.2 Å². The van der Waals surface area contributed by atoms with Crippen LogP contribution in [0.1, 0.15) is 65.7 Å². The maximum absolute atomic E-state index is 3.64. The van der Waals surface area contributed by atoms with Crippen molar-refractivity contribution in [3.8, 4) is 0 Å². The summed E-state index contributed by atoms with van der Waals surface area (Å²) in [6, 6.07) is 0.886. The van der Waals surface area contributed by atoms with E-state index in [0.29, 0.717) is 0 Å². The van der Waals surface area contributed by atoms with Crippen molar-refractivity contribution in [2.45, 2.75) is 71.8 Å². The molecule has 1 fully saturated rings. The lowest BCUT2D eigenvalue weighted by molar-refractivity contribution is -0.953. The summed E-state index contributed by atoms with van der Waals surface area (Å²) in [5.41, 5.74) is 0. The van der Waals surface area contributed by atoms with E-state index in [9.17, 15) is 0 Å². The van der Waals surface area contributed by atoms with E-state index in [1.54, 1.807) is 0 Å². The zero-order valence-electron chi connectivity index (χ0n) is 13.0. The van der Waals surface area contributed by atoms with Gasteiger partial charge in [0.05, 0.1) is 19.6 Å². The molecule has 0 aromatic heterocycles.